The molecule has 11 heteroatoms. The van der Waals surface area contributed by atoms with Crippen LogP contribution in [-0.4, -0.2) is 39.0 Å². The van der Waals surface area contributed by atoms with Gasteiger partial charge in [0.1, 0.15) is 16.2 Å². The van der Waals surface area contributed by atoms with Crippen LogP contribution in [0.4, 0.5) is 5.69 Å². The molecule has 0 aromatic heterocycles. The van der Waals surface area contributed by atoms with Gasteiger partial charge in [0.15, 0.2) is 0 Å². The molecule has 0 atom stereocenters. The first-order valence-electron chi connectivity index (χ1n) is 11.2. The second kappa shape index (κ2) is 9.32. The maximum absolute atomic E-state index is 12.4. The second-order valence-corrected chi connectivity index (χ2v) is 11.1. The van der Waals surface area contributed by atoms with Gasteiger partial charge in [0.05, 0.1) is 10.3 Å². The van der Waals surface area contributed by atoms with E-state index in [0.29, 0.717) is 40.9 Å². The summed E-state index contributed by atoms with van der Waals surface area (Å²) in [6.07, 6.45) is 0. The molecular formula is C25H26N2O7S2. The average Bonchev–Trinajstić information content (AvgIpc) is 2.80. The lowest BCUT2D eigenvalue weighted by Gasteiger charge is -2.21. The molecular weight excluding hydrogens is 504 g/mol. The number of hydrogen-bond acceptors (Lipinski definition) is 7. The fraction of sp³-hybridized carbons (Fsp3) is 0.240. The Morgan fingerprint density at radius 2 is 1.58 bits per heavy atom. The van der Waals surface area contributed by atoms with E-state index in [1.165, 1.54) is 6.07 Å². The van der Waals surface area contributed by atoms with Crippen LogP contribution in [0.2, 0.25) is 0 Å². The van der Waals surface area contributed by atoms with E-state index >= 15 is 0 Å². The van der Waals surface area contributed by atoms with Crippen LogP contribution in [0.3, 0.4) is 0 Å². The SMILES string of the molecule is CC/N=c1\ccc2c(-c3ccc(S(=O)(=O)O)cc3S(=O)(=O)O)c3ccc(NCC)c(C)c3oc-2c1C. The predicted octanol–water partition coefficient (Wildman–Crippen LogP) is 4.67. The molecule has 0 saturated heterocycles. The molecule has 0 fully saturated rings. The van der Waals surface area contributed by atoms with Gasteiger partial charge in [0.2, 0.25) is 0 Å². The lowest BCUT2D eigenvalue weighted by atomic mass is 9.91. The van der Waals surface area contributed by atoms with Crippen LogP contribution < -0.4 is 10.7 Å². The van der Waals surface area contributed by atoms with Crippen molar-refractivity contribution in [2.24, 2.45) is 4.99 Å². The molecule has 0 bridgehead atoms. The quantitative estimate of drug-likeness (QED) is 0.241. The monoisotopic (exact) mass is 530 g/mol. The standard InChI is InChI=1S/C25H26N2O7S2/c1-5-26-20-11-9-18-23(17-8-7-16(35(28,29)30)13-22(17)36(31,32)33)19-10-12-21(27-6-2)15(4)25(19)34-24(18)14(20)3/h7-13,26H,5-6H2,1-4H3,(H,28,29,30)(H,31,32,33)/b27-21+. The zero-order valence-corrected chi connectivity index (χ0v) is 21.8. The molecule has 36 heavy (non-hydrogen) atoms. The Balaban J connectivity index is 2.26. The maximum atomic E-state index is 12.4. The Hall–Kier alpha value is -3.25. The van der Waals surface area contributed by atoms with Crippen molar-refractivity contribution in [2.45, 2.75) is 37.5 Å². The normalized spacial score (nSPS) is 13.0. The molecule has 1 heterocycles. The molecule has 0 spiro atoms. The summed E-state index contributed by atoms with van der Waals surface area (Å²) in [7, 11) is -9.61. The molecule has 0 radical (unpaired) electrons. The maximum Gasteiger partial charge on any atom is 0.295 e. The Morgan fingerprint density at radius 3 is 2.19 bits per heavy atom. The van der Waals surface area contributed by atoms with E-state index in [9.17, 15) is 25.9 Å². The molecule has 2 aromatic carbocycles. The third-order valence-electron chi connectivity index (χ3n) is 6.02. The number of benzene rings is 3. The van der Waals surface area contributed by atoms with Crippen LogP contribution in [0.15, 0.2) is 61.7 Å². The largest absolute Gasteiger partial charge is 0.455 e. The van der Waals surface area contributed by atoms with Crippen LogP contribution in [0.5, 0.6) is 0 Å². The molecule has 0 saturated carbocycles. The van der Waals surface area contributed by atoms with Crippen LogP contribution in [0, 0.1) is 13.8 Å². The number of anilines is 1. The highest BCUT2D eigenvalue weighted by Gasteiger charge is 2.27. The van der Waals surface area contributed by atoms with Crippen LogP contribution >= 0.6 is 0 Å². The summed E-state index contributed by atoms with van der Waals surface area (Å²) in [5, 5.41) is 4.55. The van der Waals surface area contributed by atoms with Crippen molar-refractivity contribution in [3.8, 4) is 22.5 Å². The molecule has 3 N–H and O–H groups in total. The third kappa shape index (κ3) is 4.50. The van der Waals surface area contributed by atoms with Crippen molar-refractivity contribution < 1.29 is 30.4 Å². The molecule has 190 valence electrons. The fourth-order valence-corrected chi connectivity index (χ4v) is 5.68. The van der Waals surface area contributed by atoms with Crippen molar-refractivity contribution >= 4 is 36.9 Å². The van der Waals surface area contributed by atoms with E-state index in [1.54, 1.807) is 18.2 Å². The summed E-state index contributed by atoms with van der Waals surface area (Å²) < 4.78 is 74.2. The van der Waals surface area contributed by atoms with Gasteiger partial charge in [0, 0.05) is 52.0 Å². The highest BCUT2D eigenvalue weighted by atomic mass is 32.2. The minimum atomic E-state index is -4.89. The highest BCUT2D eigenvalue weighted by molar-refractivity contribution is 7.86. The second-order valence-electron chi connectivity index (χ2n) is 8.29. The lowest BCUT2D eigenvalue weighted by Crippen LogP contribution is -2.11. The van der Waals surface area contributed by atoms with Gasteiger partial charge in [-0.15, -0.1) is 0 Å². The van der Waals surface area contributed by atoms with Gasteiger partial charge in [-0.1, -0.05) is 6.07 Å². The highest BCUT2D eigenvalue weighted by Crippen LogP contribution is 2.45. The third-order valence-corrected chi connectivity index (χ3v) is 7.76. The van der Waals surface area contributed by atoms with Crippen molar-refractivity contribution in [2.75, 3.05) is 18.4 Å². The first kappa shape index (κ1) is 25.8. The summed E-state index contributed by atoms with van der Waals surface area (Å²) in [4.78, 5) is 3.19. The predicted molar refractivity (Wildman–Crippen MR) is 138 cm³/mol. The van der Waals surface area contributed by atoms with Gasteiger partial charge in [-0.25, -0.2) is 0 Å². The van der Waals surface area contributed by atoms with E-state index in [0.717, 1.165) is 34.3 Å². The zero-order valence-electron chi connectivity index (χ0n) is 20.2. The topological polar surface area (TPSA) is 146 Å². The van der Waals surface area contributed by atoms with Crippen molar-refractivity contribution in [1.29, 1.82) is 0 Å². The number of nitrogens with one attached hydrogen (secondary N) is 1. The van der Waals surface area contributed by atoms with Gasteiger partial charge < -0.3 is 9.73 Å². The summed E-state index contributed by atoms with van der Waals surface area (Å²) in [5.41, 5.74) is 3.90. The van der Waals surface area contributed by atoms with Gasteiger partial charge in [-0.3, -0.25) is 14.1 Å². The van der Waals surface area contributed by atoms with Gasteiger partial charge in [0.25, 0.3) is 20.2 Å². The first-order chi connectivity index (χ1) is 16.9. The Kier molecular flexibility index (Phi) is 6.69. The lowest BCUT2D eigenvalue weighted by molar-refractivity contribution is 0.481. The van der Waals surface area contributed by atoms with E-state index in [4.69, 9.17) is 4.42 Å². The van der Waals surface area contributed by atoms with Gasteiger partial charge in [-0.05, 0) is 64.1 Å². The van der Waals surface area contributed by atoms with Crippen LogP contribution in [0.25, 0.3) is 33.4 Å². The minimum Gasteiger partial charge on any atom is -0.455 e. The van der Waals surface area contributed by atoms with Crippen molar-refractivity contribution in [3.05, 3.63) is 58.9 Å². The van der Waals surface area contributed by atoms with Crippen molar-refractivity contribution in [3.63, 3.8) is 0 Å². The number of fused-ring (bicyclic) bond motifs is 2. The van der Waals surface area contributed by atoms with Crippen LogP contribution in [0.1, 0.15) is 25.0 Å². The van der Waals surface area contributed by atoms with E-state index in [-0.39, 0.29) is 5.56 Å². The van der Waals surface area contributed by atoms with Crippen molar-refractivity contribution in [1.82, 2.24) is 0 Å². The summed E-state index contributed by atoms with van der Waals surface area (Å²) in [6.45, 7) is 8.83. The van der Waals surface area contributed by atoms with Crippen LogP contribution in [-0.2, 0) is 20.2 Å². The number of nitrogens with zero attached hydrogens (tertiary/aromatic N) is 1. The van der Waals surface area contributed by atoms with Gasteiger partial charge >= 0.3 is 0 Å². The van der Waals surface area contributed by atoms with E-state index in [1.807, 2.05) is 33.8 Å². The number of aryl methyl sites for hydroxylation is 1. The smallest absolute Gasteiger partial charge is 0.295 e. The molecule has 9 nitrogen and oxygen atoms in total. The first-order valence-corrected chi connectivity index (χ1v) is 14.1. The zero-order chi connectivity index (χ0) is 26.4. The molecule has 1 aliphatic carbocycles. The molecule has 2 aliphatic rings. The molecule has 4 rings (SSSR count). The number of rotatable bonds is 6. The van der Waals surface area contributed by atoms with E-state index < -0.39 is 30.0 Å². The fourth-order valence-electron chi connectivity index (χ4n) is 4.37. The van der Waals surface area contributed by atoms with E-state index in [2.05, 4.69) is 10.3 Å². The summed E-state index contributed by atoms with van der Waals surface area (Å²) in [6, 6.07) is 10.3. The summed E-state index contributed by atoms with van der Waals surface area (Å²) >= 11 is 0. The molecule has 0 unspecified atom stereocenters. The molecule has 2 aromatic rings. The Morgan fingerprint density at radius 1 is 0.889 bits per heavy atom. The molecule has 0 amide bonds. The van der Waals surface area contributed by atoms with Gasteiger partial charge in [-0.2, -0.15) is 16.8 Å². The average molecular weight is 531 g/mol. The summed E-state index contributed by atoms with van der Waals surface area (Å²) in [5.74, 6) is 0.476. The number of hydrogen-bond donors (Lipinski definition) is 3. The Bertz CT molecular complexity index is 1760. The molecule has 1 aliphatic heterocycles. The Labute approximate surface area is 209 Å². The minimum absolute atomic E-state index is 0.0610.